The zero-order valence-electron chi connectivity index (χ0n) is 15.0. The van der Waals surface area contributed by atoms with Crippen LogP contribution in [-0.4, -0.2) is 20.7 Å². The largest absolute Gasteiger partial charge is 0.347 e. The maximum Gasteiger partial charge on any atom is 0.244 e. The van der Waals surface area contributed by atoms with Gasteiger partial charge in [-0.15, -0.1) is 11.3 Å². The molecule has 0 aliphatic heterocycles. The smallest absolute Gasteiger partial charge is 0.244 e. The van der Waals surface area contributed by atoms with Crippen LogP contribution >= 0.6 is 11.3 Å². The number of rotatable bonds is 6. The number of thiophene rings is 1. The van der Waals surface area contributed by atoms with E-state index in [4.69, 9.17) is 5.10 Å². The van der Waals surface area contributed by atoms with Crippen LogP contribution in [0.2, 0.25) is 0 Å². The van der Waals surface area contributed by atoms with Crippen molar-refractivity contribution in [1.29, 1.82) is 0 Å². The van der Waals surface area contributed by atoms with Crippen LogP contribution in [0.3, 0.4) is 0 Å². The van der Waals surface area contributed by atoms with Gasteiger partial charge in [0.05, 0.1) is 22.8 Å². The Morgan fingerprint density at radius 3 is 2.68 bits per heavy atom. The maximum absolute atomic E-state index is 12.2. The fraction of sp³-hybridized carbons (Fsp3) is 0.0455. The first-order valence-electron chi connectivity index (χ1n) is 8.84. The molecule has 3 aromatic heterocycles. The van der Waals surface area contributed by atoms with Gasteiger partial charge in [-0.25, -0.2) is 4.68 Å². The highest BCUT2D eigenvalue weighted by atomic mass is 32.1. The van der Waals surface area contributed by atoms with Crippen molar-refractivity contribution in [1.82, 2.24) is 20.1 Å². The minimum Gasteiger partial charge on any atom is -0.347 e. The lowest BCUT2D eigenvalue weighted by Gasteiger charge is -2.00. The minimum absolute atomic E-state index is 0.171. The topological polar surface area (TPSA) is 59.8 Å². The van der Waals surface area contributed by atoms with Crippen LogP contribution in [-0.2, 0) is 11.3 Å². The van der Waals surface area contributed by atoms with E-state index in [1.165, 1.54) is 6.08 Å². The molecule has 0 unspecified atom stereocenters. The standard InChI is InChI=1S/C22H18N4OS/c27-21(24-15-18-7-4-5-13-23-18)12-11-17-16-26(19-8-2-1-3-9-19)25-22(17)20-10-6-14-28-20/h1-14,16H,15H2,(H,24,27)/b12-11+. The lowest BCUT2D eigenvalue weighted by atomic mass is 10.2. The summed E-state index contributed by atoms with van der Waals surface area (Å²) in [5, 5.41) is 9.60. The quantitative estimate of drug-likeness (QED) is 0.502. The Balaban J connectivity index is 1.55. The van der Waals surface area contributed by atoms with Gasteiger partial charge in [0.2, 0.25) is 5.91 Å². The van der Waals surface area contributed by atoms with Gasteiger partial charge in [0.25, 0.3) is 0 Å². The lowest BCUT2D eigenvalue weighted by molar-refractivity contribution is -0.116. The van der Waals surface area contributed by atoms with Crippen LogP contribution in [0.5, 0.6) is 0 Å². The van der Waals surface area contributed by atoms with Gasteiger partial charge in [0.15, 0.2) is 0 Å². The molecule has 1 aromatic carbocycles. The van der Waals surface area contributed by atoms with Crippen LogP contribution in [0.1, 0.15) is 11.3 Å². The van der Waals surface area contributed by atoms with E-state index in [9.17, 15) is 4.79 Å². The summed E-state index contributed by atoms with van der Waals surface area (Å²) in [4.78, 5) is 17.5. The summed E-state index contributed by atoms with van der Waals surface area (Å²) in [6.07, 6.45) is 6.98. The number of amides is 1. The second-order valence-corrected chi connectivity index (χ2v) is 7.01. The summed E-state index contributed by atoms with van der Waals surface area (Å²) in [5.74, 6) is -0.171. The monoisotopic (exact) mass is 386 g/mol. The average Bonchev–Trinajstić information content (AvgIpc) is 3.42. The molecule has 4 rings (SSSR count). The van der Waals surface area contributed by atoms with Crippen molar-refractivity contribution in [3.8, 4) is 16.3 Å². The Morgan fingerprint density at radius 1 is 1.07 bits per heavy atom. The maximum atomic E-state index is 12.2. The fourth-order valence-corrected chi connectivity index (χ4v) is 3.46. The number of hydrogen-bond donors (Lipinski definition) is 1. The van der Waals surface area contributed by atoms with Crippen molar-refractivity contribution in [2.75, 3.05) is 0 Å². The van der Waals surface area contributed by atoms with Gasteiger partial charge in [-0.2, -0.15) is 5.10 Å². The van der Waals surface area contributed by atoms with Crippen LogP contribution in [0.4, 0.5) is 0 Å². The van der Waals surface area contributed by atoms with Crippen LogP contribution in [0.25, 0.3) is 22.3 Å². The van der Waals surface area contributed by atoms with Gasteiger partial charge >= 0.3 is 0 Å². The number of nitrogens with one attached hydrogen (secondary N) is 1. The van der Waals surface area contributed by atoms with Crippen molar-refractivity contribution in [2.24, 2.45) is 0 Å². The van der Waals surface area contributed by atoms with E-state index in [1.54, 1.807) is 23.6 Å². The number of carbonyl (C=O) groups is 1. The Labute approximate surface area is 167 Å². The predicted molar refractivity (Wildman–Crippen MR) is 112 cm³/mol. The van der Waals surface area contributed by atoms with E-state index in [1.807, 2.05) is 76.9 Å². The average molecular weight is 386 g/mol. The molecule has 1 amide bonds. The Hall–Kier alpha value is -3.51. The molecule has 0 atom stereocenters. The molecule has 0 bridgehead atoms. The highest BCUT2D eigenvalue weighted by Crippen LogP contribution is 2.28. The number of nitrogens with zero attached hydrogens (tertiary/aromatic N) is 3. The van der Waals surface area contributed by atoms with Gasteiger partial charge in [-0.1, -0.05) is 30.3 Å². The zero-order valence-corrected chi connectivity index (χ0v) is 15.8. The molecule has 5 nitrogen and oxygen atoms in total. The lowest BCUT2D eigenvalue weighted by Crippen LogP contribution is -2.20. The van der Waals surface area contributed by atoms with E-state index in [0.29, 0.717) is 6.54 Å². The minimum atomic E-state index is -0.171. The number of hydrogen-bond acceptors (Lipinski definition) is 4. The number of pyridine rings is 1. The summed E-state index contributed by atoms with van der Waals surface area (Å²) in [7, 11) is 0. The first-order chi connectivity index (χ1) is 13.8. The molecular formula is C22H18N4OS. The molecule has 0 radical (unpaired) electrons. The van der Waals surface area contributed by atoms with Crippen LogP contribution in [0, 0.1) is 0 Å². The first-order valence-corrected chi connectivity index (χ1v) is 9.72. The number of para-hydroxylation sites is 1. The van der Waals surface area contributed by atoms with Gasteiger partial charge in [0.1, 0.15) is 5.69 Å². The molecule has 138 valence electrons. The zero-order chi connectivity index (χ0) is 19.2. The highest BCUT2D eigenvalue weighted by molar-refractivity contribution is 7.13. The summed E-state index contributed by atoms with van der Waals surface area (Å²) in [6.45, 7) is 0.394. The molecule has 0 spiro atoms. The molecule has 28 heavy (non-hydrogen) atoms. The molecule has 0 fully saturated rings. The van der Waals surface area contributed by atoms with Crippen molar-refractivity contribution in [2.45, 2.75) is 6.54 Å². The van der Waals surface area contributed by atoms with Gasteiger partial charge < -0.3 is 5.32 Å². The highest BCUT2D eigenvalue weighted by Gasteiger charge is 2.11. The third-order valence-corrected chi connectivity index (χ3v) is 4.98. The molecule has 4 aromatic rings. The summed E-state index contributed by atoms with van der Waals surface area (Å²) in [6, 6.07) is 19.6. The van der Waals surface area contributed by atoms with Gasteiger partial charge in [-0.05, 0) is 41.8 Å². The third-order valence-electron chi connectivity index (χ3n) is 4.10. The first kappa shape index (κ1) is 17.9. The molecule has 6 heteroatoms. The molecule has 0 aliphatic carbocycles. The van der Waals surface area contributed by atoms with Crippen molar-refractivity contribution < 1.29 is 4.79 Å². The SMILES string of the molecule is O=C(/C=C/c1cn(-c2ccccc2)nc1-c1cccs1)NCc1ccccn1. The summed E-state index contributed by atoms with van der Waals surface area (Å²) < 4.78 is 1.83. The van der Waals surface area contributed by atoms with Crippen LogP contribution < -0.4 is 5.32 Å². The fourth-order valence-electron chi connectivity index (χ4n) is 2.73. The normalized spacial score (nSPS) is 11.0. The summed E-state index contributed by atoms with van der Waals surface area (Å²) in [5.41, 5.74) is 3.53. The second kappa shape index (κ2) is 8.45. The van der Waals surface area contributed by atoms with E-state index in [2.05, 4.69) is 10.3 Å². The molecular weight excluding hydrogens is 368 g/mol. The number of aromatic nitrogens is 3. The van der Waals surface area contributed by atoms with Gasteiger partial charge in [-0.3, -0.25) is 9.78 Å². The number of benzene rings is 1. The Bertz CT molecular complexity index is 1070. The second-order valence-electron chi connectivity index (χ2n) is 6.06. The molecule has 3 heterocycles. The Morgan fingerprint density at radius 2 is 1.93 bits per heavy atom. The molecule has 0 aliphatic rings. The number of carbonyl (C=O) groups excluding carboxylic acids is 1. The van der Waals surface area contributed by atoms with Crippen LogP contribution in [0.15, 0.2) is 84.5 Å². The third kappa shape index (κ3) is 4.24. The summed E-state index contributed by atoms with van der Waals surface area (Å²) >= 11 is 1.62. The van der Waals surface area contributed by atoms with Crippen molar-refractivity contribution in [3.05, 3.63) is 95.8 Å². The Kier molecular flexibility index (Phi) is 5.40. The van der Waals surface area contributed by atoms with E-state index in [-0.39, 0.29) is 5.91 Å². The van der Waals surface area contributed by atoms with Crippen molar-refractivity contribution >= 4 is 23.3 Å². The molecule has 0 saturated heterocycles. The van der Waals surface area contributed by atoms with E-state index >= 15 is 0 Å². The van der Waals surface area contributed by atoms with E-state index < -0.39 is 0 Å². The van der Waals surface area contributed by atoms with Gasteiger partial charge in [0, 0.05) is 24.0 Å². The predicted octanol–water partition coefficient (Wildman–Crippen LogP) is 4.33. The van der Waals surface area contributed by atoms with E-state index in [0.717, 1.165) is 27.5 Å². The molecule has 1 N–H and O–H groups in total. The van der Waals surface area contributed by atoms with Crippen molar-refractivity contribution in [3.63, 3.8) is 0 Å². The molecule has 0 saturated carbocycles.